The summed E-state index contributed by atoms with van der Waals surface area (Å²) in [6, 6.07) is 13.9. The molecule has 4 aromatic rings. The van der Waals surface area contributed by atoms with Gasteiger partial charge in [-0.25, -0.2) is 4.98 Å². The zero-order chi connectivity index (χ0) is 18.6. The Hall–Kier alpha value is -3.94. The lowest BCUT2D eigenvalue weighted by Crippen LogP contribution is -2.13. The molecule has 3 aromatic heterocycles. The zero-order valence-electron chi connectivity index (χ0n) is 14.2. The van der Waals surface area contributed by atoms with Crippen LogP contribution in [0.1, 0.15) is 10.4 Å². The third-order valence-electron chi connectivity index (χ3n) is 3.73. The Bertz CT molecular complexity index is 1070. The molecule has 0 aliphatic carbocycles. The van der Waals surface area contributed by atoms with Crippen molar-refractivity contribution in [1.29, 1.82) is 0 Å². The van der Waals surface area contributed by atoms with Crippen molar-refractivity contribution in [3.05, 3.63) is 66.6 Å². The van der Waals surface area contributed by atoms with Gasteiger partial charge in [-0.1, -0.05) is 6.07 Å². The molecule has 134 valence electrons. The SMILES string of the molecule is COc1ncccc1C(=O)Nc1cccc(-c2nnc(-c3ccco3)o2)c1. The highest BCUT2D eigenvalue weighted by Gasteiger charge is 2.15. The summed E-state index contributed by atoms with van der Waals surface area (Å²) in [5, 5.41) is 10.8. The summed E-state index contributed by atoms with van der Waals surface area (Å²) >= 11 is 0. The number of benzene rings is 1. The van der Waals surface area contributed by atoms with E-state index in [1.54, 1.807) is 54.7 Å². The fourth-order valence-corrected chi connectivity index (χ4v) is 2.49. The van der Waals surface area contributed by atoms with Gasteiger partial charge in [-0.05, 0) is 42.5 Å². The molecule has 8 nitrogen and oxygen atoms in total. The summed E-state index contributed by atoms with van der Waals surface area (Å²) < 4.78 is 16.0. The molecule has 1 amide bonds. The van der Waals surface area contributed by atoms with Crippen molar-refractivity contribution in [2.45, 2.75) is 0 Å². The van der Waals surface area contributed by atoms with Crippen LogP contribution >= 0.6 is 0 Å². The molecule has 1 aromatic carbocycles. The molecule has 0 radical (unpaired) electrons. The lowest BCUT2D eigenvalue weighted by Gasteiger charge is -2.08. The van der Waals surface area contributed by atoms with Crippen molar-refractivity contribution in [1.82, 2.24) is 15.2 Å². The highest BCUT2D eigenvalue weighted by Crippen LogP contribution is 2.26. The second-order valence-electron chi connectivity index (χ2n) is 5.48. The fraction of sp³-hybridized carbons (Fsp3) is 0.0526. The van der Waals surface area contributed by atoms with Gasteiger partial charge in [0.15, 0.2) is 5.76 Å². The highest BCUT2D eigenvalue weighted by atomic mass is 16.5. The minimum atomic E-state index is -0.334. The normalized spacial score (nSPS) is 10.6. The molecule has 0 fully saturated rings. The average molecular weight is 362 g/mol. The summed E-state index contributed by atoms with van der Waals surface area (Å²) in [6.07, 6.45) is 3.09. The van der Waals surface area contributed by atoms with Crippen LogP contribution in [0.5, 0.6) is 5.88 Å². The van der Waals surface area contributed by atoms with Crippen LogP contribution in [0, 0.1) is 0 Å². The Morgan fingerprint density at radius 1 is 1.07 bits per heavy atom. The standard InChI is InChI=1S/C19H14N4O4/c1-25-18-14(7-3-9-20-18)16(24)21-13-6-2-5-12(11-13)17-22-23-19(27-17)15-8-4-10-26-15/h2-11H,1H3,(H,21,24). The first-order valence-electron chi connectivity index (χ1n) is 8.03. The Balaban J connectivity index is 1.57. The van der Waals surface area contributed by atoms with E-state index in [0.717, 1.165) is 0 Å². The first-order chi connectivity index (χ1) is 13.2. The first-order valence-corrected chi connectivity index (χ1v) is 8.03. The number of aromatic nitrogens is 3. The van der Waals surface area contributed by atoms with Gasteiger partial charge in [0.2, 0.25) is 11.8 Å². The van der Waals surface area contributed by atoms with Crippen molar-refractivity contribution in [2.24, 2.45) is 0 Å². The summed E-state index contributed by atoms with van der Waals surface area (Å²) in [7, 11) is 1.46. The maximum atomic E-state index is 12.5. The number of nitrogens with one attached hydrogen (secondary N) is 1. The van der Waals surface area contributed by atoms with Crippen LogP contribution in [0.4, 0.5) is 5.69 Å². The van der Waals surface area contributed by atoms with Crippen molar-refractivity contribution < 1.29 is 18.4 Å². The van der Waals surface area contributed by atoms with Crippen LogP contribution in [0.3, 0.4) is 0 Å². The molecular weight excluding hydrogens is 348 g/mol. The fourth-order valence-electron chi connectivity index (χ4n) is 2.49. The largest absolute Gasteiger partial charge is 0.480 e. The molecule has 0 aliphatic rings. The van der Waals surface area contributed by atoms with E-state index < -0.39 is 0 Å². The van der Waals surface area contributed by atoms with Crippen LogP contribution < -0.4 is 10.1 Å². The van der Waals surface area contributed by atoms with Gasteiger partial charge in [-0.15, -0.1) is 10.2 Å². The number of carbonyl (C=O) groups excluding carboxylic acids is 1. The minimum absolute atomic E-state index is 0.256. The molecule has 8 heteroatoms. The molecule has 4 rings (SSSR count). The Morgan fingerprint density at radius 3 is 2.78 bits per heavy atom. The number of nitrogens with zero attached hydrogens (tertiary/aromatic N) is 3. The molecule has 3 heterocycles. The molecule has 0 atom stereocenters. The van der Waals surface area contributed by atoms with E-state index in [0.29, 0.717) is 28.5 Å². The predicted octanol–water partition coefficient (Wildman–Crippen LogP) is 3.65. The van der Waals surface area contributed by atoms with Crippen LogP contribution in [0.2, 0.25) is 0 Å². The van der Waals surface area contributed by atoms with Gasteiger partial charge in [-0.2, -0.15) is 0 Å². The lowest BCUT2D eigenvalue weighted by molar-refractivity contribution is 0.102. The molecule has 0 aliphatic heterocycles. The van der Waals surface area contributed by atoms with E-state index in [-0.39, 0.29) is 17.7 Å². The molecule has 0 saturated carbocycles. The van der Waals surface area contributed by atoms with Crippen LogP contribution in [0.15, 0.2) is 69.8 Å². The van der Waals surface area contributed by atoms with E-state index in [1.165, 1.54) is 13.4 Å². The van der Waals surface area contributed by atoms with E-state index in [4.69, 9.17) is 13.6 Å². The number of carbonyl (C=O) groups is 1. The zero-order valence-corrected chi connectivity index (χ0v) is 14.2. The molecule has 0 spiro atoms. The van der Waals surface area contributed by atoms with E-state index in [2.05, 4.69) is 20.5 Å². The van der Waals surface area contributed by atoms with Gasteiger partial charge in [0.25, 0.3) is 11.8 Å². The van der Waals surface area contributed by atoms with Crippen LogP contribution in [0.25, 0.3) is 23.1 Å². The third-order valence-corrected chi connectivity index (χ3v) is 3.73. The Morgan fingerprint density at radius 2 is 1.96 bits per heavy atom. The van der Waals surface area contributed by atoms with Crippen molar-refractivity contribution in [3.63, 3.8) is 0 Å². The van der Waals surface area contributed by atoms with Gasteiger partial charge < -0.3 is 18.9 Å². The number of anilines is 1. The van der Waals surface area contributed by atoms with Gasteiger partial charge in [0.05, 0.1) is 13.4 Å². The van der Waals surface area contributed by atoms with Crippen molar-refractivity contribution in [3.8, 4) is 29.0 Å². The number of pyridine rings is 1. The maximum absolute atomic E-state index is 12.5. The summed E-state index contributed by atoms with van der Waals surface area (Å²) in [4.78, 5) is 16.5. The van der Waals surface area contributed by atoms with Crippen molar-refractivity contribution >= 4 is 11.6 Å². The van der Waals surface area contributed by atoms with E-state index >= 15 is 0 Å². The van der Waals surface area contributed by atoms with Gasteiger partial charge in [-0.3, -0.25) is 4.79 Å². The third kappa shape index (κ3) is 3.40. The van der Waals surface area contributed by atoms with Crippen molar-refractivity contribution in [2.75, 3.05) is 12.4 Å². The predicted molar refractivity (Wildman–Crippen MR) is 96.2 cm³/mol. The molecule has 0 bridgehead atoms. The second kappa shape index (κ2) is 7.12. The molecule has 0 saturated heterocycles. The molecule has 0 unspecified atom stereocenters. The van der Waals surface area contributed by atoms with Gasteiger partial charge >= 0.3 is 0 Å². The average Bonchev–Trinajstić information content (AvgIpc) is 3.39. The Labute approximate surface area is 153 Å². The number of furan rings is 1. The quantitative estimate of drug-likeness (QED) is 0.578. The van der Waals surface area contributed by atoms with Gasteiger partial charge in [0, 0.05) is 17.4 Å². The molecule has 27 heavy (non-hydrogen) atoms. The summed E-state index contributed by atoms with van der Waals surface area (Å²) in [5.74, 6) is 1.01. The minimum Gasteiger partial charge on any atom is -0.480 e. The summed E-state index contributed by atoms with van der Waals surface area (Å²) in [5.41, 5.74) is 1.57. The first kappa shape index (κ1) is 16.5. The van der Waals surface area contributed by atoms with Crippen LogP contribution in [-0.2, 0) is 0 Å². The van der Waals surface area contributed by atoms with Crippen LogP contribution in [-0.4, -0.2) is 28.2 Å². The van der Waals surface area contributed by atoms with E-state index in [1.807, 2.05) is 0 Å². The number of ether oxygens (including phenoxy) is 1. The number of hydrogen-bond donors (Lipinski definition) is 1. The number of methoxy groups -OCH3 is 1. The highest BCUT2D eigenvalue weighted by molar-refractivity contribution is 6.06. The van der Waals surface area contributed by atoms with Gasteiger partial charge in [0.1, 0.15) is 5.56 Å². The topological polar surface area (TPSA) is 103 Å². The number of hydrogen-bond acceptors (Lipinski definition) is 7. The van der Waals surface area contributed by atoms with E-state index in [9.17, 15) is 4.79 Å². The monoisotopic (exact) mass is 362 g/mol. The number of rotatable bonds is 5. The lowest BCUT2D eigenvalue weighted by atomic mass is 10.2. The molecular formula is C19H14N4O4. The smallest absolute Gasteiger partial charge is 0.283 e. The second-order valence-corrected chi connectivity index (χ2v) is 5.48. The maximum Gasteiger partial charge on any atom is 0.283 e. The Kier molecular flexibility index (Phi) is 4.36. The summed E-state index contributed by atoms with van der Waals surface area (Å²) in [6.45, 7) is 0. The molecule has 1 N–H and O–H groups in total. The number of amides is 1.